The van der Waals surface area contributed by atoms with Gasteiger partial charge in [-0.25, -0.2) is 19.2 Å². The molecule has 0 spiro atoms. The molecule has 10 heteroatoms. The van der Waals surface area contributed by atoms with Gasteiger partial charge < -0.3 is 24.7 Å². The molecule has 2 unspecified atom stereocenters. The number of imidazole rings is 1. The standard InChI is InChI=1S/C24H29FN6O3/c25-22-12-20(33-8-7-30-6-5-28-16-30)11-18-9-17(10-21(18)22)13-26-2-1-19-15-31(24(32)34-19)23-14-27-3-4-29-23/h4-6,11-12,14,16-17,19,26-27H,1-3,7-10,13,15H2. The summed E-state index contributed by atoms with van der Waals surface area (Å²) in [6, 6.07) is 3.46. The number of carbonyl (C=O) groups excluding carboxylic acids is 1. The normalized spacial score (nSPS) is 21.3. The van der Waals surface area contributed by atoms with Crippen molar-refractivity contribution in [2.75, 3.05) is 32.8 Å². The lowest BCUT2D eigenvalue weighted by Crippen LogP contribution is -2.29. The van der Waals surface area contributed by atoms with Crippen LogP contribution in [0.15, 0.2) is 47.9 Å². The Morgan fingerprint density at radius 1 is 1.32 bits per heavy atom. The number of carbonyl (C=O) groups is 1. The molecule has 1 amide bonds. The maximum absolute atomic E-state index is 14.7. The third-order valence-electron chi connectivity index (χ3n) is 6.33. The monoisotopic (exact) mass is 468 g/mol. The zero-order valence-electron chi connectivity index (χ0n) is 19.0. The molecule has 3 aliphatic rings. The Bertz CT molecular complexity index is 1070. The minimum atomic E-state index is -0.359. The molecule has 3 heterocycles. The summed E-state index contributed by atoms with van der Waals surface area (Å²) >= 11 is 0. The number of hydrogen-bond donors (Lipinski definition) is 2. The second-order valence-corrected chi connectivity index (χ2v) is 8.80. The van der Waals surface area contributed by atoms with Crippen molar-refractivity contribution in [1.82, 2.24) is 25.1 Å². The number of halogens is 1. The number of cyclic esters (lactones) is 1. The molecule has 34 heavy (non-hydrogen) atoms. The molecule has 0 bridgehead atoms. The number of nitrogens with one attached hydrogen (secondary N) is 2. The number of ether oxygens (including phenoxy) is 2. The van der Waals surface area contributed by atoms with E-state index in [1.54, 1.807) is 29.8 Å². The van der Waals surface area contributed by atoms with Crippen molar-refractivity contribution in [3.63, 3.8) is 0 Å². The first-order valence-corrected chi connectivity index (χ1v) is 11.7. The number of aromatic nitrogens is 2. The molecule has 2 aliphatic heterocycles. The number of benzene rings is 1. The SMILES string of the molecule is O=C1OC(CCNCC2Cc3cc(OCCn4ccnc4)cc(F)c3C2)CN1C1=CNCC=N1. The van der Waals surface area contributed by atoms with Gasteiger partial charge in [0.25, 0.3) is 0 Å². The molecule has 5 rings (SSSR count). The Hall–Kier alpha value is -3.40. The van der Waals surface area contributed by atoms with E-state index < -0.39 is 0 Å². The Morgan fingerprint density at radius 3 is 3.09 bits per heavy atom. The molecule has 0 radical (unpaired) electrons. The number of hydrogen-bond acceptors (Lipinski definition) is 7. The molecule has 1 aliphatic carbocycles. The first-order chi connectivity index (χ1) is 16.7. The van der Waals surface area contributed by atoms with Crippen molar-refractivity contribution in [1.29, 1.82) is 0 Å². The molecule has 1 saturated heterocycles. The summed E-state index contributed by atoms with van der Waals surface area (Å²) < 4.78 is 27.8. The summed E-state index contributed by atoms with van der Waals surface area (Å²) in [5, 5.41) is 6.50. The average molecular weight is 469 g/mol. The fourth-order valence-corrected chi connectivity index (χ4v) is 4.62. The van der Waals surface area contributed by atoms with Crippen LogP contribution in [0.2, 0.25) is 0 Å². The van der Waals surface area contributed by atoms with Gasteiger partial charge in [-0.3, -0.25) is 4.90 Å². The van der Waals surface area contributed by atoms with Crippen molar-refractivity contribution >= 4 is 12.3 Å². The maximum Gasteiger partial charge on any atom is 0.415 e. The van der Waals surface area contributed by atoms with Gasteiger partial charge in [0.1, 0.15) is 24.3 Å². The Balaban J connectivity index is 1.04. The zero-order valence-corrected chi connectivity index (χ0v) is 19.0. The number of rotatable bonds is 10. The maximum atomic E-state index is 14.7. The number of amides is 1. The van der Waals surface area contributed by atoms with E-state index in [1.807, 2.05) is 16.8 Å². The highest BCUT2D eigenvalue weighted by Crippen LogP contribution is 2.32. The third kappa shape index (κ3) is 5.22. The predicted molar refractivity (Wildman–Crippen MR) is 124 cm³/mol. The van der Waals surface area contributed by atoms with E-state index in [-0.39, 0.29) is 18.0 Å². The largest absolute Gasteiger partial charge is 0.492 e. The highest BCUT2D eigenvalue weighted by molar-refractivity contribution is 5.73. The molecular weight excluding hydrogens is 439 g/mol. The van der Waals surface area contributed by atoms with E-state index >= 15 is 0 Å². The lowest BCUT2D eigenvalue weighted by Gasteiger charge is -2.16. The second-order valence-electron chi connectivity index (χ2n) is 8.80. The Morgan fingerprint density at radius 2 is 2.26 bits per heavy atom. The van der Waals surface area contributed by atoms with Crippen molar-refractivity contribution < 1.29 is 18.7 Å². The van der Waals surface area contributed by atoms with Gasteiger partial charge in [0.15, 0.2) is 5.82 Å². The molecule has 2 atom stereocenters. The van der Waals surface area contributed by atoms with Crippen LogP contribution in [-0.4, -0.2) is 65.6 Å². The smallest absolute Gasteiger partial charge is 0.415 e. The summed E-state index contributed by atoms with van der Waals surface area (Å²) in [4.78, 5) is 21.9. The summed E-state index contributed by atoms with van der Waals surface area (Å²) in [6.45, 7) is 3.80. The lowest BCUT2D eigenvalue weighted by atomic mass is 10.1. The van der Waals surface area contributed by atoms with Crippen LogP contribution >= 0.6 is 0 Å². The van der Waals surface area contributed by atoms with Crippen molar-refractivity contribution in [2.24, 2.45) is 10.9 Å². The first kappa shape index (κ1) is 22.4. The van der Waals surface area contributed by atoms with E-state index in [9.17, 15) is 9.18 Å². The van der Waals surface area contributed by atoms with Gasteiger partial charge in [0.05, 0.1) is 19.4 Å². The van der Waals surface area contributed by atoms with E-state index in [0.717, 1.165) is 43.5 Å². The molecule has 180 valence electrons. The fraction of sp³-hybridized carbons (Fsp3) is 0.458. The number of aliphatic imine (C=N–C) groups is 1. The van der Waals surface area contributed by atoms with Gasteiger partial charge in [-0.05, 0) is 55.5 Å². The topological polar surface area (TPSA) is 93.0 Å². The average Bonchev–Trinajstić information content (AvgIpc) is 3.58. The highest BCUT2D eigenvalue weighted by atomic mass is 19.1. The minimum absolute atomic E-state index is 0.168. The Kier molecular flexibility index (Phi) is 6.75. The number of nitrogens with zero attached hydrogens (tertiary/aromatic N) is 4. The highest BCUT2D eigenvalue weighted by Gasteiger charge is 2.33. The van der Waals surface area contributed by atoms with E-state index in [1.165, 1.54) is 6.07 Å². The van der Waals surface area contributed by atoms with Crippen LogP contribution in [-0.2, 0) is 24.1 Å². The minimum Gasteiger partial charge on any atom is -0.492 e. The van der Waals surface area contributed by atoms with Crippen LogP contribution in [0.5, 0.6) is 5.75 Å². The summed E-state index contributed by atoms with van der Waals surface area (Å²) in [6.07, 6.45) is 10.5. The van der Waals surface area contributed by atoms with E-state index in [4.69, 9.17) is 9.47 Å². The van der Waals surface area contributed by atoms with Gasteiger partial charge >= 0.3 is 6.09 Å². The van der Waals surface area contributed by atoms with E-state index in [0.29, 0.717) is 43.7 Å². The molecule has 9 nitrogen and oxygen atoms in total. The zero-order chi connectivity index (χ0) is 23.3. The third-order valence-corrected chi connectivity index (χ3v) is 6.33. The lowest BCUT2D eigenvalue weighted by molar-refractivity contribution is 0.130. The summed E-state index contributed by atoms with van der Waals surface area (Å²) in [7, 11) is 0. The first-order valence-electron chi connectivity index (χ1n) is 11.7. The van der Waals surface area contributed by atoms with Gasteiger partial charge in [0, 0.05) is 37.4 Å². The fourth-order valence-electron chi connectivity index (χ4n) is 4.62. The van der Waals surface area contributed by atoms with Gasteiger partial charge in [-0.1, -0.05) is 0 Å². The molecule has 0 saturated carbocycles. The van der Waals surface area contributed by atoms with Crippen LogP contribution in [0.4, 0.5) is 9.18 Å². The van der Waals surface area contributed by atoms with Crippen molar-refractivity contribution in [3.8, 4) is 5.75 Å². The van der Waals surface area contributed by atoms with Crippen LogP contribution in [0.25, 0.3) is 0 Å². The molecule has 1 fully saturated rings. The van der Waals surface area contributed by atoms with Gasteiger partial charge in [-0.2, -0.15) is 0 Å². The van der Waals surface area contributed by atoms with Crippen LogP contribution in [0.1, 0.15) is 17.5 Å². The quantitative estimate of drug-likeness (QED) is 0.519. The van der Waals surface area contributed by atoms with Gasteiger partial charge in [-0.15, -0.1) is 0 Å². The molecule has 2 N–H and O–H groups in total. The molecule has 2 aromatic rings. The molecular formula is C24H29FN6O3. The van der Waals surface area contributed by atoms with Crippen molar-refractivity contribution in [2.45, 2.75) is 31.9 Å². The number of fused-ring (bicyclic) bond motifs is 1. The van der Waals surface area contributed by atoms with Gasteiger partial charge in [0.2, 0.25) is 0 Å². The summed E-state index contributed by atoms with van der Waals surface area (Å²) in [5.41, 5.74) is 1.82. The summed E-state index contributed by atoms with van der Waals surface area (Å²) in [5.74, 6) is 1.30. The Labute approximate surface area is 197 Å². The predicted octanol–water partition coefficient (Wildman–Crippen LogP) is 2.09. The van der Waals surface area contributed by atoms with Crippen molar-refractivity contribution in [3.05, 3.63) is 59.8 Å². The molecule has 1 aromatic heterocycles. The van der Waals surface area contributed by atoms with Crippen LogP contribution < -0.4 is 15.4 Å². The van der Waals surface area contributed by atoms with E-state index in [2.05, 4.69) is 20.6 Å². The second kappa shape index (κ2) is 10.3. The van der Waals surface area contributed by atoms with Crippen LogP contribution in [0.3, 0.4) is 0 Å². The van der Waals surface area contributed by atoms with Crippen LogP contribution in [0, 0.1) is 11.7 Å². The molecule has 1 aromatic carbocycles.